The van der Waals surface area contributed by atoms with Gasteiger partial charge in [0.05, 0.1) is 28.0 Å². The third-order valence-electron chi connectivity index (χ3n) is 3.11. The first kappa shape index (κ1) is 21.1. The fourth-order valence-electron chi connectivity index (χ4n) is 1.86. The average Bonchev–Trinajstić information content (AvgIpc) is 2.58. The van der Waals surface area contributed by atoms with Crippen LogP contribution in [0.2, 0.25) is 10.0 Å². The fourth-order valence-corrected chi connectivity index (χ4v) is 2.20. The Balaban J connectivity index is 2.90. The molecule has 8 heteroatoms. The van der Waals surface area contributed by atoms with Gasteiger partial charge in [0.25, 0.3) is 0 Å². The van der Waals surface area contributed by atoms with E-state index in [9.17, 15) is 10.1 Å². The molecule has 0 aromatic heterocycles. The second kappa shape index (κ2) is 10.8. The van der Waals surface area contributed by atoms with E-state index in [0.29, 0.717) is 28.0 Å². The molecule has 0 heterocycles. The number of nitrogens with zero attached hydrogens (tertiary/aromatic N) is 1. The van der Waals surface area contributed by atoms with Crippen LogP contribution in [0.4, 0.5) is 5.69 Å². The Hall–Kier alpha value is -1.94. The number of carbonyl (C=O) groups excluding carboxylic acids is 1. The highest BCUT2D eigenvalue weighted by Crippen LogP contribution is 2.29. The van der Waals surface area contributed by atoms with Crippen LogP contribution in [0, 0.1) is 17.2 Å². The number of hydrogen-bond acceptors (Lipinski definition) is 6. The van der Waals surface area contributed by atoms with E-state index in [1.54, 1.807) is 18.2 Å². The van der Waals surface area contributed by atoms with Gasteiger partial charge >= 0.3 is 5.97 Å². The molecule has 0 radical (unpaired) electrons. The van der Waals surface area contributed by atoms with Crippen LogP contribution in [0.3, 0.4) is 0 Å². The summed E-state index contributed by atoms with van der Waals surface area (Å²) in [4.78, 5) is 12.1. The van der Waals surface area contributed by atoms with Gasteiger partial charge in [-0.05, 0) is 25.0 Å². The Morgan fingerprint density at radius 3 is 2.64 bits per heavy atom. The number of esters is 1. The number of halogens is 2. The second-order valence-corrected chi connectivity index (χ2v) is 6.02. The summed E-state index contributed by atoms with van der Waals surface area (Å²) in [6.07, 6.45) is 0. The minimum atomic E-state index is -0.711. The van der Waals surface area contributed by atoms with Crippen molar-refractivity contribution < 1.29 is 14.3 Å². The highest BCUT2D eigenvalue weighted by Gasteiger charge is 2.20. The number of anilines is 1. The Morgan fingerprint density at radius 1 is 1.32 bits per heavy atom. The third-order valence-corrected chi connectivity index (χ3v) is 3.93. The summed E-state index contributed by atoms with van der Waals surface area (Å²) in [5.41, 5.74) is 6.54. The van der Waals surface area contributed by atoms with Crippen molar-refractivity contribution in [3.05, 3.63) is 39.5 Å². The van der Waals surface area contributed by atoms with Gasteiger partial charge in [-0.1, -0.05) is 43.1 Å². The van der Waals surface area contributed by atoms with Crippen molar-refractivity contribution in [1.82, 2.24) is 5.43 Å². The molecule has 0 aliphatic heterocycles. The number of allylic oxidation sites excluding steroid dienone is 1. The van der Waals surface area contributed by atoms with E-state index in [1.165, 1.54) is 0 Å². The second-order valence-electron chi connectivity index (χ2n) is 5.24. The summed E-state index contributed by atoms with van der Waals surface area (Å²) >= 11 is 12.1. The van der Waals surface area contributed by atoms with Crippen LogP contribution in [-0.2, 0) is 14.3 Å². The smallest absolute Gasteiger partial charge is 0.350 e. The Bertz CT molecular complexity index is 670. The van der Waals surface area contributed by atoms with Crippen molar-refractivity contribution in [2.75, 3.05) is 25.2 Å². The molecule has 0 unspecified atom stereocenters. The number of carbonyl (C=O) groups is 1. The van der Waals surface area contributed by atoms with E-state index in [4.69, 9.17) is 32.7 Å². The summed E-state index contributed by atoms with van der Waals surface area (Å²) in [6, 6.07) is 6.99. The first-order valence-electron chi connectivity index (χ1n) is 7.77. The molecule has 0 spiro atoms. The molecule has 0 atom stereocenters. The van der Waals surface area contributed by atoms with Crippen molar-refractivity contribution in [3.8, 4) is 6.07 Å². The number of rotatable bonds is 9. The van der Waals surface area contributed by atoms with Crippen LogP contribution in [0.1, 0.15) is 20.8 Å². The lowest BCUT2D eigenvalue weighted by Crippen LogP contribution is -2.28. The van der Waals surface area contributed by atoms with Gasteiger partial charge in [0.1, 0.15) is 12.7 Å². The van der Waals surface area contributed by atoms with Gasteiger partial charge in [-0.2, -0.15) is 5.26 Å². The van der Waals surface area contributed by atoms with Crippen LogP contribution in [-0.4, -0.2) is 25.8 Å². The molecule has 136 valence electrons. The molecule has 0 aliphatic rings. The van der Waals surface area contributed by atoms with Crippen molar-refractivity contribution in [3.63, 3.8) is 0 Å². The summed E-state index contributed by atoms with van der Waals surface area (Å²) < 4.78 is 10.2. The van der Waals surface area contributed by atoms with Gasteiger partial charge in [-0.25, -0.2) is 4.79 Å². The van der Waals surface area contributed by atoms with Crippen molar-refractivity contribution >= 4 is 34.9 Å². The molecule has 1 aromatic carbocycles. The molecule has 25 heavy (non-hydrogen) atoms. The van der Waals surface area contributed by atoms with E-state index in [1.807, 2.05) is 26.8 Å². The minimum absolute atomic E-state index is 0.0801. The van der Waals surface area contributed by atoms with Gasteiger partial charge in [0.2, 0.25) is 0 Å². The van der Waals surface area contributed by atoms with Gasteiger partial charge in [-0.3, -0.25) is 5.43 Å². The highest BCUT2D eigenvalue weighted by molar-refractivity contribution is 6.43. The molecular formula is C17H21Cl2N3O3. The molecule has 1 aromatic rings. The maximum absolute atomic E-state index is 12.1. The quantitative estimate of drug-likeness (QED) is 0.220. The first-order chi connectivity index (χ1) is 11.9. The van der Waals surface area contributed by atoms with Gasteiger partial charge in [-0.15, -0.1) is 0 Å². The Morgan fingerprint density at radius 2 is 2.04 bits per heavy atom. The number of hydrogen-bond donors (Lipinski definition) is 2. The van der Waals surface area contributed by atoms with Crippen LogP contribution >= 0.6 is 23.2 Å². The molecular weight excluding hydrogens is 365 g/mol. The predicted molar refractivity (Wildman–Crippen MR) is 98.1 cm³/mol. The van der Waals surface area contributed by atoms with Crippen LogP contribution < -0.4 is 10.9 Å². The van der Waals surface area contributed by atoms with E-state index >= 15 is 0 Å². The minimum Gasteiger partial charge on any atom is -0.459 e. The zero-order valence-electron chi connectivity index (χ0n) is 14.4. The first-order valence-corrected chi connectivity index (χ1v) is 8.53. The van der Waals surface area contributed by atoms with Crippen LogP contribution in [0.5, 0.6) is 0 Å². The van der Waals surface area contributed by atoms with E-state index in [2.05, 4.69) is 10.9 Å². The van der Waals surface area contributed by atoms with Gasteiger partial charge in [0.15, 0.2) is 5.57 Å². The van der Waals surface area contributed by atoms with Crippen molar-refractivity contribution in [1.29, 1.82) is 5.26 Å². The van der Waals surface area contributed by atoms with Crippen LogP contribution in [0.15, 0.2) is 29.5 Å². The zero-order chi connectivity index (χ0) is 18.8. The fraction of sp³-hybridized carbons (Fsp3) is 0.412. The molecule has 0 saturated heterocycles. The molecule has 6 nitrogen and oxygen atoms in total. The van der Waals surface area contributed by atoms with E-state index < -0.39 is 5.97 Å². The van der Waals surface area contributed by atoms with E-state index in [-0.39, 0.29) is 24.7 Å². The Kier molecular flexibility index (Phi) is 9.14. The van der Waals surface area contributed by atoms with Crippen molar-refractivity contribution in [2.24, 2.45) is 5.92 Å². The molecule has 0 saturated carbocycles. The summed E-state index contributed by atoms with van der Waals surface area (Å²) in [7, 11) is 0. The highest BCUT2D eigenvalue weighted by atomic mass is 35.5. The lowest BCUT2D eigenvalue weighted by Gasteiger charge is -2.18. The number of ether oxygens (including phenoxy) is 2. The average molecular weight is 386 g/mol. The maximum Gasteiger partial charge on any atom is 0.350 e. The molecule has 0 amide bonds. The molecule has 0 aliphatic carbocycles. The lowest BCUT2D eigenvalue weighted by atomic mass is 10.1. The van der Waals surface area contributed by atoms with Crippen LogP contribution in [0.25, 0.3) is 0 Å². The largest absolute Gasteiger partial charge is 0.459 e. The number of benzene rings is 1. The molecule has 0 bridgehead atoms. The summed E-state index contributed by atoms with van der Waals surface area (Å²) in [5, 5.41) is 10.1. The normalized spacial score (nSPS) is 11.6. The third kappa shape index (κ3) is 6.46. The Labute approximate surface area is 157 Å². The monoisotopic (exact) mass is 385 g/mol. The maximum atomic E-state index is 12.1. The number of nitriles is 1. The summed E-state index contributed by atoms with van der Waals surface area (Å²) in [6.45, 7) is 6.42. The van der Waals surface area contributed by atoms with E-state index in [0.717, 1.165) is 0 Å². The van der Waals surface area contributed by atoms with Gasteiger partial charge in [0, 0.05) is 6.61 Å². The number of nitrogens with one attached hydrogen (secondary N) is 2. The SMILES string of the molecule is CCOCCOC(=O)/C(C#N)=C(\NNc1cccc(Cl)c1Cl)C(C)C. The molecule has 0 fully saturated rings. The topological polar surface area (TPSA) is 83.4 Å². The molecule has 2 N–H and O–H groups in total. The zero-order valence-corrected chi connectivity index (χ0v) is 15.9. The van der Waals surface area contributed by atoms with Gasteiger partial charge < -0.3 is 14.9 Å². The number of hydrazine groups is 1. The molecule has 1 rings (SSSR count). The van der Waals surface area contributed by atoms with Crippen molar-refractivity contribution in [2.45, 2.75) is 20.8 Å². The lowest BCUT2D eigenvalue weighted by molar-refractivity contribution is -0.140. The standard InChI is InChI=1S/C17H21Cl2N3O3/c1-4-24-8-9-25-17(23)12(10-20)16(11(2)3)22-21-14-7-5-6-13(18)15(14)19/h5-7,11,21-22H,4,8-9H2,1-3H3/b16-12-. The summed E-state index contributed by atoms with van der Waals surface area (Å²) in [5.74, 6) is -0.850. The predicted octanol–water partition coefficient (Wildman–Crippen LogP) is 3.92.